The Morgan fingerprint density at radius 1 is 1.37 bits per heavy atom. The second-order valence-corrected chi connectivity index (χ2v) is 11.5. The van der Waals surface area contributed by atoms with Crippen LogP contribution in [0, 0.1) is 0 Å². The van der Waals surface area contributed by atoms with Crippen LogP contribution in [0.2, 0.25) is 0 Å². The lowest BCUT2D eigenvalue weighted by Gasteiger charge is -2.17. The molecule has 11 heteroatoms. The number of nitrogens with one attached hydrogen (secondary N) is 2. The number of rotatable bonds is 11. The normalized spacial score (nSPS) is 13.8. The Bertz CT molecular complexity index is 1060. The molecule has 0 unspecified atom stereocenters. The lowest BCUT2D eigenvalue weighted by atomic mass is 10.2. The average molecular weight is 473 g/mol. The third-order valence-electron chi connectivity index (χ3n) is 5.06. The third kappa shape index (κ3) is 5.83. The Labute approximate surface area is 184 Å². The molecule has 2 N–H and O–H groups in total. The highest BCUT2D eigenvalue weighted by Crippen LogP contribution is 2.34. The van der Waals surface area contributed by atoms with E-state index in [0.717, 1.165) is 29.5 Å². The van der Waals surface area contributed by atoms with Crippen LogP contribution in [0.25, 0.3) is 10.2 Å². The van der Waals surface area contributed by atoms with Crippen molar-refractivity contribution >= 4 is 49.2 Å². The lowest BCUT2D eigenvalue weighted by molar-refractivity contribution is -0.120. The Morgan fingerprint density at radius 2 is 2.17 bits per heavy atom. The first-order chi connectivity index (χ1) is 14.3. The molecule has 0 saturated heterocycles. The zero-order valence-corrected chi connectivity index (χ0v) is 19.8. The first-order valence-electron chi connectivity index (χ1n) is 10.1. The highest BCUT2D eigenvalue weighted by Gasteiger charge is 2.21. The summed E-state index contributed by atoms with van der Waals surface area (Å²) in [5.74, 6) is 1.77. The number of aromatic nitrogens is 2. The first kappa shape index (κ1) is 23.2. The van der Waals surface area contributed by atoms with Gasteiger partial charge in [0.15, 0.2) is 0 Å². The molecule has 2 aromatic rings. The quantitative estimate of drug-likeness (QED) is 0.483. The largest absolute Gasteiger partial charge is 0.356 e. The molecule has 3 rings (SSSR count). The molecule has 30 heavy (non-hydrogen) atoms. The standard InChI is InChI=1S/C19H28N4O4S3/c1-3-23(30(2,26)27)10-5-9-20-16(24)8-11-28-12-15-21-18(25)17-13-6-4-7-14(13)29-19(17)22-15/h3-12H2,1-2H3,(H,20,24)(H,21,22,25). The number of H-pyrrole nitrogens is 1. The predicted octanol–water partition coefficient (Wildman–Crippen LogP) is 1.88. The number of hydrogen-bond acceptors (Lipinski definition) is 7. The molecule has 8 nitrogen and oxygen atoms in total. The second-order valence-electron chi connectivity index (χ2n) is 7.31. The molecule has 1 aliphatic carbocycles. The van der Waals surface area contributed by atoms with E-state index >= 15 is 0 Å². The molecule has 0 saturated carbocycles. The van der Waals surface area contributed by atoms with Gasteiger partial charge in [0.05, 0.1) is 17.4 Å². The number of thiophene rings is 1. The minimum absolute atomic E-state index is 0.0528. The van der Waals surface area contributed by atoms with Crippen LogP contribution in [0.4, 0.5) is 0 Å². The van der Waals surface area contributed by atoms with Gasteiger partial charge in [-0.15, -0.1) is 11.3 Å². The van der Waals surface area contributed by atoms with Gasteiger partial charge in [0.25, 0.3) is 5.56 Å². The molecule has 1 aliphatic rings. The smallest absolute Gasteiger partial charge is 0.259 e. The molecule has 2 heterocycles. The van der Waals surface area contributed by atoms with Crippen molar-refractivity contribution < 1.29 is 13.2 Å². The Balaban J connectivity index is 1.38. The van der Waals surface area contributed by atoms with Crippen LogP contribution in [0.3, 0.4) is 0 Å². The van der Waals surface area contributed by atoms with Crippen molar-refractivity contribution in [2.75, 3.05) is 31.6 Å². The maximum absolute atomic E-state index is 12.4. The Morgan fingerprint density at radius 3 is 2.90 bits per heavy atom. The number of thioether (sulfide) groups is 1. The summed E-state index contributed by atoms with van der Waals surface area (Å²) in [6, 6.07) is 0. The molecule has 0 fully saturated rings. The van der Waals surface area contributed by atoms with E-state index in [4.69, 9.17) is 0 Å². The van der Waals surface area contributed by atoms with E-state index in [1.165, 1.54) is 21.0 Å². The molecule has 0 radical (unpaired) electrons. The van der Waals surface area contributed by atoms with Gasteiger partial charge in [-0.25, -0.2) is 17.7 Å². The molecule has 0 spiro atoms. The summed E-state index contributed by atoms with van der Waals surface area (Å²) in [5.41, 5.74) is 1.13. The van der Waals surface area contributed by atoms with Crippen LogP contribution in [-0.2, 0) is 33.4 Å². The molecule has 1 amide bonds. The van der Waals surface area contributed by atoms with Gasteiger partial charge in [-0.3, -0.25) is 9.59 Å². The first-order valence-corrected chi connectivity index (χ1v) is 13.9. The van der Waals surface area contributed by atoms with Crippen LogP contribution >= 0.6 is 23.1 Å². The fourth-order valence-corrected chi connectivity index (χ4v) is 6.59. The van der Waals surface area contributed by atoms with Gasteiger partial charge in [0.1, 0.15) is 10.7 Å². The monoisotopic (exact) mass is 472 g/mol. The van der Waals surface area contributed by atoms with Gasteiger partial charge in [0.2, 0.25) is 15.9 Å². The van der Waals surface area contributed by atoms with E-state index in [0.29, 0.717) is 49.8 Å². The van der Waals surface area contributed by atoms with Crippen molar-refractivity contribution in [1.82, 2.24) is 19.6 Å². The van der Waals surface area contributed by atoms with Crippen molar-refractivity contribution in [3.63, 3.8) is 0 Å². The summed E-state index contributed by atoms with van der Waals surface area (Å²) in [4.78, 5) is 34.0. The van der Waals surface area contributed by atoms with Gasteiger partial charge in [0, 0.05) is 36.7 Å². The van der Waals surface area contributed by atoms with Gasteiger partial charge in [-0.05, 0) is 31.2 Å². The van der Waals surface area contributed by atoms with Crippen molar-refractivity contribution in [3.8, 4) is 0 Å². The number of amides is 1. The fraction of sp³-hybridized carbons (Fsp3) is 0.632. The molecule has 166 valence electrons. The van der Waals surface area contributed by atoms with E-state index in [1.54, 1.807) is 30.0 Å². The van der Waals surface area contributed by atoms with Gasteiger partial charge >= 0.3 is 0 Å². The number of hydrogen-bond donors (Lipinski definition) is 2. The van der Waals surface area contributed by atoms with Gasteiger partial charge < -0.3 is 10.3 Å². The molecule has 0 aromatic carbocycles. The van der Waals surface area contributed by atoms with E-state index in [9.17, 15) is 18.0 Å². The third-order valence-corrected chi connectivity index (χ3v) is 8.60. The predicted molar refractivity (Wildman–Crippen MR) is 123 cm³/mol. The van der Waals surface area contributed by atoms with E-state index < -0.39 is 10.0 Å². The van der Waals surface area contributed by atoms with Crippen molar-refractivity contribution in [2.45, 2.75) is 44.8 Å². The van der Waals surface area contributed by atoms with Gasteiger partial charge in [-0.2, -0.15) is 11.8 Å². The van der Waals surface area contributed by atoms with Crippen molar-refractivity contribution in [1.29, 1.82) is 0 Å². The summed E-state index contributed by atoms with van der Waals surface area (Å²) in [7, 11) is -3.19. The SMILES string of the molecule is CCN(CCCNC(=O)CCSCc1nc2sc3c(c2c(=O)[nH]1)CCC3)S(C)(=O)=O. The number of carbonyl (C=O) groups excluding carboxylic acids is 1. The zero-order valence-electron chi connectivity index (χ0n) is 17.3. The fourth-order valence-electron chi connectivity index (χ4n) is 3.58. The number of nitrogens with zero attached hydrogens (tertiary/aromatic N) is 2. The summed E-state index contributed by atoms with van der Waals surface area (Å²) >= 11 is 3.19. The number of sulfonamides is 1. The number of carbonyl (C=O) groups is 1. The van der Waals surface area contributed by atoms with Crippen LogP contribution in [0.1, 0.15) is 42.5 Å². The highest BCUT2D eigenvalue weighted by atomic mass is 32.2. The molecular formula is C19H28N4O4S3. The maximum Gasteiger partial charge on any atom is 0.259 e. The zero-order chi connectivity index (χ0) is 21.7. The van der Waals surface area contributed by atoms with Crippen LogP contribution in [-0.4, -0.2) is 60.2 Å². The minimum Gasteiger partial charge on any atom is -0.356 e. The second kappa shape index (κ2) is 10.3. The minimum atomic E-state index is -3.19. The maximum atomic E-state index is 12.4. The summed E-state index contributed by atoms with van der Waals surface area (Å²) < 4.78 is 24.4. The number of aryl methyl sites for hydroxylation is 2. The molecular weight excluding hydrogens is 444 g/mol. The van der Waals surface area contributed by atoms with E-state index in [2.05, 4.69) is 15.3 Å². The van der Waals surface area contributed by atoms with Crippen LogP contribution in [0.5, 0.6) is 0 Å². The highest BCUT2D eigenvalue weighted by molar-refractivity contribution is 7.98. The number of fused-ring (bicyclic) bond motifs is 3. The van der Waals surface area contributed by atoms with Crippen LogP contribution < -0.4 is 10.9 Å². The summed E-state index contributed by atoms with van der Waals surface area (Å²) in [6.07, 6.45) is 5.26. The van der Waals surface area contributed by atoms with Crippen molar-refractivity contribution in [2.24, 2.45) is 0 Å². The molecule has 0 atom stereocenters. The van der Waals surface area contributed by atoms with Gasteiger partial charge in [-0.1, -0.05) is 6.92 Å². The topological polar surface area (TPSA) is 112 Å². The average Bonchev–Trinajstić information content (AvgIpc) is 3.24. The summed E-state index contributed by atoms with van der Waals surface area (Å²) in [5, 5.41) is 3.58. The number of aromatic amines is 1. The van der Waals surface area contributed by atoms with E-state index in [-0.39, 0.29) is 11.5 Å². The summed E-state index contributed by atoms with van der Waals surface area (Å²) in [6.45, 7) is 3.07. The Hall–Kier alpha value is -1.43. The van der Waals surface area contributed by atoms with Crippen molar-refractivity contribution in [3.05, 3.63) is 26.6 Å². The Kier molecular flexibility index (Phi) is 7.94. The molecule has 2 aromatic heterocycles. The lowest BCUT2D eigenvalue weighted by Crippen LogP contribution is -2.33. The van der Waals surface area contributed by atoms with E-state index in [1.807, 2.05) is 0 Å². The molecule has 0 bridgehead atoms. The molecule has 0 aliphatic heterocycles. The van der Waals surface area contributed by atoms with Crippen LogP contribution in [0.15, 0.2) is 4.79 Å².